The molecule has 0 aliphatic carbocycles. The maximum Gasteiger partial charge on any atom is 0.224 e. The number of methoxy groups -OCH3 is 2. The fourth-order valence-electron chi connectivity index (χ4n) is 1.92. The molecule has 2 aromatic rings. The molecule has 0 fully saturated rings. The van der Waals surface area contributed by atoms with E-state index in [4.69, 9.17) is 25.4 Å². The van der Waals surface area contributed by atoms with Gasteiger partial charge in [0.15, 0.2) is 0 Å². The molecule has 1 aromatic heterocycles. The Morgan fingerprint density at radius 1 is 1.14 bits per heavy atom. The van der Waals surface area contributed by atoms with Crippen LogP contribution in [0, 0.1) is 5.41 Å². The summed E-state index contributed by atoms with van der Waals surface area (Å²) < 4.78 is 16.3. The molecule has 6 heteroatoms. The first-order chi connectivity index (χ1) is 10.2. The lowest BCUT2D eigenvalue weighted by Crippen LogP contribution is -2.14. The Morgan fingerprint density at radius 3 is 2.38 bits per heavy atom. The van der Waals surface area contributed by atoms with Gasteiger partial charge in [0.2, 0.25) is 5.88 Å². The third-order valence-electron chi connectivity index (χ3n) is 2.94. The molecule has 0 aliphatic heterocycles. The molecule has 3 N–H and O–H groups in total. The summed E-state index contributed by atoms with van der Waals surface area (Å²) in [5.41, 5.74) is 6.73. The van der Waals surface area contributed by atoms with Gasteiger partial charge in [0.1, 0.15) is 23.9 Å². The summed E-state index contributed by atoms with van der Waals surface area (Å²) in [6, 6.07) is 8.87. The normalized spacial score (nSPS) is 10.0. The number of aromatic nitrogens is 1. The Balaban J connectivity index is 2.26. The summed E-state index contributed by atoms with van der Waals surface area (Å²) in [4.78, 5) is 4.10. The van der Waals surface area contributed by atoms with E-state index in [2.05, 4.69) is 4.98 Å². The van der Waals surface area contributed by atoms with Crippen molar-refractivity contribution < 1.29 is 14.2 Å². The van der Waals surface area contributed by atoms with Gasteiger partial charge in [-0.2, -0.15) is 0 Å². The molecule has 2 rings (SSSR count). The third-order valence-corrected chi connectivity index (χ3v) is 2.94. The number of rotatable bonds is 6. The number of nitrogens with one attached hydrogen (secondary N) is 1. The lowest BCUT2D eigenvalue weighted by Gasteiger charge is -2.14. The molecule has 1 heterocycles. The van der Waals surface area contributed by atoms with Crippen LogP contribution in [0.5, 0.6) is 17.4 Å². The molecule has 0 spiro atoms. The van der Waals surface area contributed by atoms with E-state index in [9.17, 15) is 0 Å². The van der Waals surface area contributed by atoms with Gasteiger partial charge in [0, 0.05) is 6.20 Å². The van der Waals surface area contributed by atoms with Crippen molar-refractivity contribution in [2.45, 2.75) is 6.61 Å². The van der Waals surface area contributed by atoms with Crippen molar-refractivity contribution in [2.75, 3.05) is 14.2 Å². The van der Waals surface area contributed by atoms with Gasteiger partial charge in [0.25, 0.3) is 0 Å². The molecular weight excluding hydrogens is 270 g/mol. The van der Waals surface area contributed by atoms with E-state index >= 15 is 0 Å². The number of nitrogens with zero attached hydrogens (tertiary/aromatic N) is 1. The molecule has 0 unspecified atom stereocenters. The molecule has 0 radical (unpaired) electrons. The summed E-state index contributed by atoms with van der Waals surface area (Å²) in [6.45, 7) is 0.199. The topological polar surface area (TPSA) is 90.5 Å². The minimum atomic E-state index is -0.0925. The van der Waals surface area contributed by atoms with E-state index in [1.165, 1.54) is 0 Å². The van der Waals surface area contributed by atoms with Crippen LogP contribution in [0.25, 0.3) is 0 Å². The largest absolute Gasteiger partial charge is 0.496 e. The summed E-state index contributed by atoms with van der Waals surface area (Å²) in [7, 11) is 3.17. The first-order valence-corrected chi connectivity index (χ1v) is 6.29. The van der Waals surface area contributed by atoms with Gasteiger partial charge < -0.3 is 19.9 Å². The van der Waals surface area contributed by atoms with Crippen molar-refractivity contribution in [3.05, 3.63) is 47.7 Å². The number of nitrogen functional groups attached to an aromatic ring is 1. The Morgan fingerprint density at radius 2 is 1.81 bits per heavy atom. The highest BCUT2D eigenvalue weighted by molar-refractivity contribution is 5.96. The van der Waals surface area contributed by atoms with Crippen molar-refractivity contribution in [3.63, 3.8) is 0 Å². The fraction of sp³-hybridized carbons (Fsp3) is 0.200. The maximum absolute atomic E-state index is 7.52. The zero-order chi connectivity index (χ0) is 15.2. The Labute approximate surface area is 123 Å². The number of benzene rings is 1. The molecule has 0 amide bonds. The molecule has 0 saturated carbocycles. The number of hydrogen-bond donors (Lipinski definition) is 2. The van der Waals surface area contributed by atoms with Gasteiger partial charge in [-0.05, 0) is 24.3 Å². The van der Waals surface area contributed by atoms with E-state index in [1.807, 2.05) is 18.2 Å². The van der Waals surface area contributed by atoms with E-state index in [0.717, 1.165) is 5.56 Å². The highest BCUT2D eigenvalue weighted by Crippen LogP contribution is 2.29. The third kappa shape index (κ3) is 3.22. The molecular formula is C15H17N3O3. The van der Waals surface area contributed by atoms with Crippen LogP contribution in [0.15, 0.2) is 36.5 Å². The Bertz CT molecular complexity index is 622. The average molecular weight is 287 g/mol. The summed E-state index contributed by atoms with van der Waals surface area (Å²) in [6.07, 6.45) is 1.58. The van der Waals surface area contributed by atoms with Crippen LogP contribution in [-0.4, -0.2) is 25.0 Å². The van der Waals surface area contributed by atoms with Crippen LogP contribution in [0.2, 0.25) is 0 Å². The molecule has 0 aliphatic rings. The van der Waals surface area contributed by atoms with Gasteiger partial charge in [-0.25, -0.2) is 4.98 Å². The minimum absolute atomic E-state index is 0.0925. The van der Waals surface area contributed by atoms with Crippen molar-refractivity contribution in [1.29, 1.82) is 5.41 Å². The highest BCUT2D eigenvalue weighted by atomic mass is 16.5. The van der Waals surface area contributed by atoms with Gasteiger partial charge in [0.05, 0.1) is 25.3 Å². The summed E-state index contributed by atoms with van der Waals surface area (Å²) in [5.74, 6) is 1.53. The van der Waals surface area contributed by atoms with Gasteiger partial charge in [-0.1, -0.05) is 6.07 Å². The lowest BCUT2D eigenvalue weighted by molar-refractivity contribution is 0.276. The van der Waals surface area contributed by atoms with Crippen molar-refractivity contribution >= 4 is 5.84 Å². The SMILES string of the molecule is COc1cccc(OC)c1COc1ncccc1C(=N)N. The summed E-state index contributed by atoms with van der Waals surface area (Å²) in [5, 5.41) is 7.52. The predicted octanol–water partition coefficient (Wildman–Crippen LogP) is 1.96. The molecule has 6 nitrogen and oxygen atoms in total. The zero-order valence-corrected chi connectivity index (χ0v) is 11.9. The zero-order valence-electron chi connectivity index (χ0n) is 11.9. The first kappa shape index (κ1) is 14.6. The molecule has 0 saturated heterocycles. The van der Waals surface area contributed by atoms with Crippen molar-refractivity contribution in [3.8, 4) is 17.4 Å². The molecule has 21 heavy (non-hydrogen) atoms. The Kier molecular flexibility index (Phi) is 4.61. The maximum atomic E-state index is 7.52. The molecule has 0 atom stereocenters. The molecule has 1 aromatic carbocycles. The number of amidine groups is 1. The lowest BCUT2D eigenvalue weighted by atomic mass is 10.2. The number of hydrogen-bond acceptors (Lipinski definition) is 5. The van der Waals surface area contributed by atoms with Crippen molar-refractivity contribution in [2.24, 2.45) is 5.73 Å². The fourth-order valence-corrected chi connectivity index (χ4v) is 1.92. The average Bonchev–Trinajstić information content (AvgIpc) is 2.52. The Hall–Kier alpha value is -2.76. The van der Waals surface area contributed by atoms with Gasteiger partial charge >= 0.3 is 0 Å². The standard InChI is InChI=1S/C15H17N3O3/c1-19-12-6-3-7-13(20-2)11(12)9-21-15-10(14(16)17)5-4-8-18-15/h3-8H,9H2,1-2H3,(H3,16,17). The second-order valence-corrected chi connectivity index (χ2v) is 4.20. The number of pyridine rings is 1. The van der Waals surface area contributed by atoms with Crippen LogP contribution in [0.3, 0.4) is 0 Å². The van der Waals surface area contributed by atoms with Crippen molar-refractivity contribution in [1.82, 2.24) is 4.98 Å². The second-order valence-electron chi connectivity index (χ2n) is 4.20. The van der Waals surface area contributed by atoms with Gasteiger partial charge in [-0.3, -0.25) is 5.41 Å². The predicted molar refractivity (Wildman–Crippen MR) is 79.1 cm³/mol. The number of nitrogens with two attached hydrogens (primary N) is 1. The van der Waals surface area contributed by atoms with Gasteiger partial charge in [-0.15, -0.1) is 0 Å². The minimum Gasteiger partial charge on any atom is -0.496 e. The quantitative estimate of drug-likeness (QED) is 0.626. The van der Waals surface area contributed by atoms with Crippen LogP contribution in [0.4, 0.5) is 0 Å². The van der Waals surface area contributed by atoms with Crippen LogP contribution in [0.1, 0.15) is 11.1 Å². The molecule has 0 bridgehead atoms. The van der Waals surface area contributed by atoms with Crippen LogP contribution < -0.4 is 19.9 Å². The van der Waals surface area contributed by atoms with E-state index < -0.39 is 0 Å². The second kappa shape index (κ2) is 6.60. The molecule has 110 valence electrons. The highest BCUT2D eigenvalue weighted by Gasteiger charge is 2.13. The van der Waals surface area contributed by atoms with E-state index in [-0.39, 0.29) is 12.4 Å². The number of ether oxygens (including phenoxy) is 3. The first-order valence-electron chi connectivity index (χ1n) is 6.29. The smallest absolute Gasteiger partial charge is 0.224 e. The summed E-state index contributed by atoms with van der Waals surface area (Å²) >= 11 is 0. The monoisotopic (exact) mass is 287 g/mol. The van der Waals surface area contributed by atoms with Crippen LogP contribution >= 0.6 is 0 Å². The van der Waals surface area contributed by atoms with E-state index in [0.29, 0.717) is 22.9 Å². The van der Waals surface area contributed by atoms with Crippen LogP contribution in [-0.2, 0) is 6.61 Å². The van der Waals surface area contributed by atoms with E-state index in [1.54, 1.807) is 32.5 Å².